The predicted octanol–water partition coefficient (Wildman–Crippen LogP) is 3.11. The monoisotopic (exact) mass is 332 g/mol. The Morgan fingerprint density at radius 3 is 3.09 bits per heavy atom. The van der Waals surface area contributed by atoms with Crippen LogP contribution in [-0.2, 0) is 6.54 Å². The lowest BCUT2D eigenvalue weighted by Crippen LogP contribution is -2.40. The largest absolute Gasteiger partial charge is 0.316 e. The standard InChI is InChI=1S/C17H24N4OS/c1-2-13-7-3-4-10-20(13)11-6-12-21-16(22)14-8-5-9-18-15(14)19-17(21)23/h5,8-9,13H,2-4,6-7,10-12H2,1H3,(H,18,19,23). The van der Waals surface area contributed by atoms with E-state index in [2.05, 4.69) is 21.8 Å². The van der Waals surface area contributed by atoms with E-state index in [0.717, 1.165) is 13.0 Å². The smallest absolute Gasteiger partial charge is 0.263 e. The van der Waals surface area contributed by atoms with E-state index in [1.165, 1.54) is 32.2 Å². The molecule has 0 bridgehead atoms. The van der Waals surface area contributed by atoms with Gasteiger partial charge < -0.3 is 9.88 Å². The van der Waals surface area contributed by atoms with E-state index in [-0.39, 0.29) is 5.56 Å². The van der Waals surface area contributed by atoms with Crippen LogP contribution in [0.1, 0.15) is 39.0 Å². The number of fused-ring (bicyclic) bond motifs is 1. The van der Waals surface area contributed by atoms with Crippen LogP contribution >= 0.6 is 12.2 Å². The second-order valence-electron chi connectivity index (χ2n) is 6.23. The number of nitrogens with zero attached hydrogens (tertiary/aromatic N) is 3. The molecular weight excluding hydrogens is 308 g/mol. The van der Waals surface area contributed by atoms with Crippen LogP contribution in [-0.4, -0.2) is 38.6 Å². The Morgan fingerprint density at radius 2 is 2.26 bits per heavy atom. The van der Waals surface area contributed by atoms with Crippen LogP contribution < -0.4 is 5.56 Å². The molecule has 3 heterocycles. The van der Waals surface area contributed by atoms with Crippen LogP contribution in [0.25, 0.3) is 11.0 Å². The van der Waals surface area contributed by atoms with Crippen LogP contribution in [0.3, 0.4) is 0 Å². The number of hydrogen-bond acceptors (Lipinski definition) is 4. The van der Waals surface area contributed by atoms with E-state index in [0.29, 0.717) is 28.4 Å². The van der Waals surface area contributed by atoms with Crippen molar-refractivity contribution in [1.82, 2.24) is 19.4 Å². The molecule has 1 fully saturated rings. The number of pyridine rings is 1. The van der Waals surface area contributed by atoms with Gasteiger partial charge in [-0.15, -0.1) is 0 Å². The quantitative estimate of drug-likeness (QED) is 0.855. The van der Waals surface area contributed by atoms with E-state index in [9.17, 15) is 4.79 Å². The first-order valence-corrected chi connectivity index (χ1v) is 8.93. The molecule has 0 saturated carbocycles. The normalized spacial score (nSPS) is 19.3. The van der Waals surface area contributed by atoms with Crippen molar-refractivity contribution in [2.45, 2.75) is 51.6 Å². The Labute approximate surface area is 141 Å². The molecule has 0 spiro atoms. The maximum atomic E-state index is 12.6. The third-order valence-electron chi connectivity index (χ3n) is 4.80. The van der Waals surface area contributed by atoms with Gasteiger partial charge in [-0.3, -0.25) is 9.36 Å². The van der Waals surface area contributed by atoms with Crippen molar-refractivity contribution in [3.63, 3.8) is 0 Å². The first-order valence-electron chi connectivity index (χ1n) is 8.52. The number of aromatic nitrogens is 3. The fourth-order valence-electron chi connectivity index (χ4n) is 3.54. The average Bonchev–Trinajstić information content (AvgIpc) is 2.58. The molecule has 5 nitrogen and oxygen atoms in total. The van der Waals surface area contributed by atoms with Gasteiger partial charge in [0.25, 0.3) is 5.56 Å². The minimum atomic E-state index is -0.0393. The summed E-state index contributed by atoms with van der Waals surface area (Å²) >= 11 is 5.34. The van der Waals surface area contributed by atoms with Crippen LogP contribution in [0.5, 0.6) is 0 Å². The second-order valence-corrected chi connectivity index (χ2v) is 6.62. The maximum Gasteiger partial charge on any atom is 0.263 e. The molecule has 1 aliphatic rings. The zero-order valence-corrected chi connectivity index (χ0v) is 14.4. The Kier molecular flexibility index (Phi) is 5.23. The number of H-pyrrole nitrogens is 1. The van der Waals surface area contributed by atoms with Crippen molar-refractivity contribution >= 4 is 23.3 Å². The molecule has 1 saturated heterocycles. The summed E-state index contributed by atoms with van der Waals surface area (Å²) in [6.07, 6.45) is 7.76. The zero-order valence-electron chi connectivity index (χ0n) is 13.6. The van der Waals surface area contributed by atoms with Gasteiger partial charge >= 0.3 is 0 Å². The minimum Gasteiger partial charge on any atom is -0.316 e. The first-order chi connectivity index (χ1) is 11.2. The molecule has 1 aliphatic heterocycles. The predicted molar refractivity (Wildman–Crippen MR) is 95.3 cm³/mol. The van der Waals surface area contributed by atoms with Crippen LogP contribution in [0, 0.1) is 4.77 Å². The molecule has 23 heavy (non-hydrogen) atoms. The van der Waals surface area contributed by atoms with E-state index in [1.54, 1.807) is 22.9 Å². The summed E-state index contributed by atoms with van der Waals surface area (Å²) in [5.74, 6) is 0. The highest BCUT2D eigenvalue weighted by molar-refractivity contribution is 7.71. The molecule has 1 unspecified atom stereocenters. The summed E-state index contributed by atoms with van der Waals surface area (Å²) < 4.78 is 2.14. The van der Waals surface area contributed by atoms with Gasteiger partial charge in [-0.25, -0.2) is 4.98 Å². The minimum absolute atomic E-state index is 0.0393. The molecule has 0 amide bonds. The van der Waals surface area contributed by atoms with Crippen molar-refractivity contribution in [2.75, 3.05) is 13.1 Å². The maximum absolute atomic E-state index is 12.6. The Morgan fingerprint density at radius 1 is 1.39 bits per heavy atom. The highest BCUT2D eigenvalue weighted by Crippen LogP contribution is 2.19. The number of aromatic amines is 1. The van der Waals surface area contributed by atoms with Crippen molar-refractivity contribution in [1.29, 1.82) is 0 Å². The Balaban J connectivity index is 1.72. The average molecular weight is 332 g/mol. The summed E-state index contributed by atoms with van der Waals surface area (Å²) in [4.78, 5) is 22.4. The molecule has 1 atom stereocenters. The van der Waals surface area contributed by atoms with Crippen LogP contribution in [0.2, 0.25) is 0 Å². The third-order valence-corrected chi connectivity index (χ3v) is 5.12. The van der Waals surface area contributed by atoms with Gasteiger partial charge in [0.2, 0.25) is 0 Å². The lowest BCUT2D eigenvalue weighted by atomic mass is 10.00. The van der Waals surface area contributed by atoms with E-state index in [1.807, 2.05) is 0 Å². The highest BCUT2D eigenvalue weighted by Gasteiger charge is 2.20. The molecule has 2 aromatic rings. The zero-order chi connectivity index (χ0) is 16.2. The SMILES string of the molecule is CCC1CCCCN1CCCn1c(=S)[nH]c2ncccc2c1=O. The number of piperidine rings is 1. The molecule has 124 valence electrons. The summed E-state index contributed by atoms with van der Waals surface area (Å²) in [7, 11) is 0. The van der Waals surface area contributed by atoms with E-state index in [4.69, 9.17) is 12.2 Å². The van der Waals surface area contributed by atoms with Crippen LogP contribution in [0.15, 0.2) is 23.1 Å². The first kappa shape index (κ1) is 16.3. The summed E-state index contributed by atoms with van der Waals surface area (Å²) in [6, 6.07) is 4.28. The van der Waals surface area contributed by atoms with Crippen LogP contribution in [0.4, 0.5) is 0 Å². The van der Waals surface area contributed by atoms with Crippen molar-refractivity contribution in [3.8, 4) is 0 Å². The Bertz CT molecular complexity index is 782. The van der Waals surface area contributed by atoms with Gasteiger partial charge in [-0.05, 0) is 56.6 Å². The fraction of sp³-hybridized carbons (Fsp3) is 0.588. The summed E-state index contributed by atoms with van der Waals surface area (Å²) in [5.41, 5.74) is 0.531. The fourth-order valence-corrected chi connectivity index (χ4v) is 3.81. The van der Waals surface area contributed by atoms with Gasteiger partial charge in [0.05, 0.1) is 5.39 Å². The summed E-state index contributed by atoms with van der Waals surface area (Å²) in [6.45, 7) is 5.14. The molecule has 0 aliphatic carbocycles. The number of likely N-dealkylation sites (tertiary alicyclic amines) is 1. The second kappa shape index (κ2) is 7.36. The third kappa shape index (κ3) is 3.53. The van der Waals surface area contributed by atoms with E-state index >= 15 is 0 Å². The number of rotatable bonds is 5. The molecule has 2 aromatic heterocycles. The van der Waals surface area contributed by atoms with Gasteiger partial charge in [0, 0.05) is 25.3 Å². The van der Waals surface area contributed by atoms with Crippen molar-refractivity contribution < 1.29 is 0 Å². The number of nitrogens with one attached hydrogen (secondary N) is 1. The van der Waals surface area contributed by atoms with Gasteiger partial charge in [0.15, 0.2) is 4.77 Å². The highest BCUT2D eigenvalue weighted by atomic mass is 32.1. The molecule has 1 N–H and O–H groups in total. The molecule has 0 radical (unpaired) electrons. The molecule has 3 rings (SSSR count). The lowest BCUT2D eigenvalue weighted by molar-refractivity contribution is 0.140. The lowest BCUT2D eigenvalue weighted by Gasteiger charge is -2.35. The van der Waals surface area contributed by atoms with Gasteiger partial charge in [0.1, 0.15) is 5.65 Å². The summed E-state index contributed by atoms with van der Waals surface area (Å²) in [5, 5.41) is 0.602. The van der Waals surface area contributed by atoms with Crippen molar-refractivity contribution in [2.24, 2.45) is 0 Å². The Hall–Kier alpha value is -1.53. The molecule has 0 aromatic carbocycles. The van der Waals surface area contributed by atoms with E-state index < -0.39 is 0 Å². The number of hydrogen-bond donors (Lipinski definition) is 1. The van der Waals surface area contributed by atoms with Gasteiger partial charge in [-0.2, -0.15) is 0 Å². The molecular formula is C17H24N4OS. The van der Waals surface area contributed by atoms with Crippen molar-refractivity contribution in [3.05, 3.63) is 33.5 Å². The topological polar surface area (TPSA) is 53.9 Å². The molecule has 6 heteroatoms. The van der Waals surface area contributed by atoms with Gasteiger partial charge in [-0.1, -0.05) is 13.3 Å².